The molecule has 0 aliphatic carbocycles. The molecule has 1 amide bonds. The van der Waals surface area contributed by atoms with E-state index in [1.807, 2.05) is 30.3 Å². The van der Waals surface area contributed by atoms with Crippen molar-refractivity contribution in [2.45, 2.75) is 6.42 Å². The molecule has 0 heterocycles. The number of nitrogens with zero attached hydrogens (tertiary/aromatic N) is 2. The highest BCUT2D eigenvalue weighted by Crippen LogP contribution is 2.17. The van der Waals surface area contributed by atoms with Crippen LogP contribution in [0.2, 0.25) is 0 Å². The molecule has 6 heteroatoms. The van der Waals surface area contributed by atoms with Gasteiger partial charge in [0, 0.05) is 11.6 Å². The van der Waals surface area contributed by atoms with Crippen LogP contribution in [0.4, 0.5) is 5.69 Å². The molecule has 21 heavy (non-hydrogen) atoms. The van der Waals surface area contributed by atoms with Crippen molar-refractivity contribution in [1.82, 2.24) is 5.43 Å². The van der Waals surface area contributed by atoms with E-state index in [1.165, 1.54) is 12.3 Å². The number of para-hydroxylation sites is 1. The molecular formula is C15H13N3O3. The van der Waals surface area contributed by atoms with Gasteiger partial charge in [-0.2, -0.15) is 5.10 Å². The molecule has 106 valence electrons. The molecule has 0 atom stereocenters. The summed E-state index contributed by atoms with van der Waals surface area (Å²) >= 11 is 0. The topological polar surface area (TPSA) is 84.6 Å². The van der Waals surface area contributed by atoms with Crippen LogP contribution in [0.3, 0.4) is 0 Å². The molecule has 2 aromatic carbocycles. The lowest BCUT2D eigenvalue weighted by atomic mass is 10.1. The second-order valence-corrected chi connectivity index (χ2v) is 4.27. The number of nitro benzene ring substituents is 1. The second-order valence-electron chi connectivity index (χ2n) is 4.27. The molecule has 2 aromatic rings. The first kappa shape index (κ1) is 14.4. The fourth-order valence-corrected chi connectivity index (χ4v) is 1.77. The number of hydrogen-bond acceptors (Lipinski definition) is 4. The van der Waals surface area contributed by atoms with Gasteiger partial charge >= 0.3 is 0 Å². The smallest absolute Gasteiger partial charge is 0.273 e. The summed E-state index contributed by atoms with van der Waals surface area (Å²) in [4.78, 5) is 22.1. The van der Waals surface area contributed by atoms with Crippen molar-refractivity contribution in [3.8, 4) is 0 Å². The van der Waals surface area contributed by atoms with Gasteiger partial charge in [-0.25, -0.2) is 5.43 Å². The molecule has 1 N–H and O–H groups in total. The molecule has 0 saturated carbocycles. The lowest BCUT2D eigenvalue weighted by Crippen LogP contribution is -2.20. The summed E-state index contributed by atoms with van der Waals surface area (Å²) in [5.74, 6) is -0.406. The van der Waals surface area contributed by atoms with Crippen LogP contribution >= 0.6 is 0 Å². The van der Waals surface area contributed by atoms with E-state index in [-0.39, 0.29) is 12.1 Å². The average molecular weight is 283 g/mol. The fraction of sp³-hybridized carbons (Fsp3) is 0.0667. The van der Waals surface area contributed by atoms with Gasteiger partial charge in [-0.3, -0.25) is 14.9 Å². The molecule has 6 nitrogen and oxygen atoms in total. The van der Waals surface area contributed by atoms with E-state index in [2.05, 4.69) is 10.5 Å². The molecule has 0 unspecified atom stereocenters. The maximum Gasteiger partial charge on any atom is 0.273 e. The molecule has 0 bridgehead atoms. The highest BCUT2D eigenvalue weighted by atomic mass is 16.6. The summed E-state index contributed by atoms with van der Waals surface area (Å²) in [5.41, 5.74) is 3.49. The van der Waals surface area contributed by atoms with Crippen LogP contribution in [0.15, 0.2) is 59.7 Å². The van der Waals surface area contributed by atoms with Crippen molar-refractivity contribution >= 4 is 17.8 Å². The Morgan fingerprint density at radius 1 is 1.14 bits per heavy atom. The molecule has 0 saturated heterocycles. The van der Waals surface area contributed by atoms with Crippen molar-refractivity contribution in [2.24, 2.45) is 5.10 Å². The number of carbonyl (C=O) groups is 1. The maximum atomic E-state index is 11.7. The third-order valence-electron chi connectivity index (χ3n) is 2.74. The highest BCUT2D eigenvalue weighted by molar-refractivity contribution is 5.83. The van der Waals surface area contributed by atoms with E-state index in [0.717, 1.165) is 5.56 Å². The standard InChI is InChI=1S/C15H13N3O3/c19-15(17-16-11-12-6-2-1-3-7-12)10-13-8-4-5-9-14(13)18(20)21/h1-9,11H,10H2,(H,17,19)/b16-11+. The number of nitro groups is 1. The zero-order valence-electron chi connectivity index (χ0n) is 11.1. The zero-order chi connectivity index (χ0) is 15.1. The van der Waals surface area contributed by atoms with Crippen LogP contribution in [-0.4, -0.2) is 17.0 Å². The van der Waals surface area contributed by atoms with Gasteiger partial charge in [0.1, 0.15) is 0 Å². The molecule has 0 radical (unpaired) electrons. The van der Waals surface area contributed by atoms with Crippen LogP contribution in [0.25, 0.3) is 0 Å². The van der Waals surface area contributed by atoms with Gasteiger partial charge in [0.15, 0.2) is 0 Å². The quantitative estimate of drug-likeness (QED) is 0.519. The number of benzene rings is 2. The van der Waals surface area contributed by atoms with E-state index in [9.17, 15) is 14.9 Å². The number of amides is 1. The lowest BCUT2D eigenvalue weighted by molar-refractivity contribution is -0.385. The van der Waals surface area contributed by atoms with Gasteiger partial charge in [-0.1, -0.05) is 48.5 Å². The molecule has 0 fully saturated rings. The van der Waals surface area contributed by atoms with Crippen molar-refractivity contribution < 1.29 is 9.72 Å². The summed E-state index contributed by atoms with van der Waals surface area (Å²) in [6.07, 6.45) is 1.42. The van der Waals surface area contributed by atoms with Crippen LogP contribution in [0.1, 0.15) is 11.1 Å². The van der Waals surface area contributed by atoms with Gasteiger partial charge in [0.25, 0.3) is 5.69 Å². The summed E-state index contributed by atoms with van der Waals surface area (Å²) in [5, 5.41) is 14.7. The highest BCUT2D eigenvalue weighted by Gasteiger charge is 2.14. The number of rotatable bonds is 5. The van der Waals surface area contributed by atoms with Crippen LogP contribution in [0, 0.1) is 10.1 Å². The third kappa shape index (κ3) is 4.24. The zero-order valence-corrected chi connectivity index (χ0v) is 11.1. The van der Waals surface area contributed by atoms with Gasteiger partial charge < -0.3 is 0 Å². The molecule has 0 aliphatic rings. The number of carbonyl (C=O) groups excluding carboxylic acids is 1. The molecule has 0 aromatic heterocycles. The minimum absolute atomic E-state index is 0.0697. The Morgan fingerprint density at radius 3 is 2.52 bits per heavy atom. The Hall–Kier alpha value is -3.02. The monoisotopic (exact) mass is 283 g/mol. The number of nitrogens with one attached hydrogen (secondary N) is 1. The normalized spacial score (nSPS) is 10.5. The molecule has 2 rings (SSSR count). The summed E-state index contributed by atoms with van der Waals surface area (Å²) < 4.78 is 0. The van der Waals surface area contributed by atoms with E-state index < -0.39 is 10.8 Å². The fourth-order valence-electron chi connectivity index (χ4n) is 1.77. The molecular weight excluding hydrogens is 270 g/mol. The van der Waals surface area contributed by atoms with Crippen LogP contribution in [-0.2, 0) is 11.2 Å². The van der Waals surface area contributed by atoms with E-state index >= 15 is 0 Å². The summed E-state index contributed by atoms with van der Waals surface area (Å²) in [7, 11) is 0. The van der Waals surface area contributed by atoms with Crippen LogP contribution in [0.5, 0.6) is 0 Å². The Labute approximate surface area is 121 Å². The Balaban J connectivity index is 1.97. The molecule has 0 spiro atoms. The SMILES string of the molecule is O=C(Cc1ccccc1[N+](=O)[O-])N/N=C/c1ccccc1. The van der Waals surface area contributed by atoms with Gasteiger partial charge in [-0.05, 0) is 5.56 Å². The number of hydrogen-bond donors (Lipinski definition) is 1. The minimum Gasteiger partial charge on any atom is -0.273 e. The first-order valence-electron chi connectivity index (χ1n) is 6.26. The first-order chi connectivity index (χ1) is 10.2. The van der Waals surface area contributed by atoms with Gasteiger partial charge in [0.2, 0.25) is 5.91 Å². The summed E-state index contributed by atoms with van der Waals surface area (Å²) in [6.45, 7) is 0. The average Bonchev–Trinajstić information content (AvgIpc) is 2.48. The van der Waals surface area contributed by atoms with Crippen molar-refractivity contribution in [3.63, 3.8) is 0 Å². The second kappa shape index (κ2) is 6.95. The van der Waals surface area contributed by atoms with Gasteiger partial charge in [0.05, 0.1) is 17.6 Å². The van der Waals surface area contributed by atoms with Gasteiger partial charge in [-0.15, -0.1) is 0 Å². The Bertz CT molecular complexity index is 669. The van der Waals surface area contributed by atoms with E-state index in [0.29, 0.717) is 5.56 Å². The predicted molar refractivity (Wildman–Crippen MR) is 79.0 cm³/mol. The maximum absolute atomic E-state index is 11.7. The van der Waals surface area contributed by atoms with E-state index in [4.69, 9.17) is 0 Å². The Kier molecular flexibility index (Phi) is 4.76. The van der Waals surface area contributed by atoms with Crippen molar-refractivity contribution in [3.05, 3.63) is 75.8 Å². The Morgan fingerprint density at radius 2 is 1.81 bits per heavy atom. The third-order valence-corrected chi connectivity index (χ3v) is 2.74. The molecule has 0 aliphatic heterocycles. The first-order valence-corrected chi connectivity index (χ1v) is 6.26. The van der Waals surface area contributed by atoms with Crippen molar-refractivity contribution in [1.29, 1.82) is 0 Å². The predicted octanol–water partition coefficient (Wildman–Crippen LogP) is 2.29. The minimum atomic E-state index is -0.504. The van der Waals surface area contributed by atoms with Crippen molar-refractivity contribution in [2.75, 3.05) is 0 Å². The lowest BCUT2D eigenvalue weighted by Gasteiger charge is -2.01. The summed E-state index contributed by atoms with van der Waals surface area (Å²) in [6, 6.07) is 15.4. The number of hydrazone groups is 1. The largest absolute Gasteiger partial charge is 0.273 e. The van der Waals surface area contributed by atoms with Crippen LogP contribution < -0.4 is 5.43 Å². The van der Waals surface area contributed by atoms with E-state index in [1.54, 1.807) is 18.2 Å².